The number of aromatic nitrogens is 1. The van der Waals surface area contributed by atoms with Crippen LogP contribution in [0.4, 0.5) is 5.69 Å². The van der Waals surface area contributed by atoms with Crippen LogP contribution in [0.5, 0.6) is 0 Å². The number of ketones is 1. The molecular formula is C22H24N2O4. The summed E-state index contributed by atoms with van der Waals surface area (Å²) >= 11 is 0. The molecule has 0 saturated heterocycles. The Morgan fingerprint density at radius 3 is 2.71 bits per heavy atom. The first-order valence-corrected chi connectivity index (χ1v) is 9.92. The lowest BCUT2D eigenvalue weighted by Crippen LogP contribution is -2.32. The van der Waals surface area contributed by atoms with E-state index in [-0.39, 0.29) is 11.7 Å². The predicted molar refractivity (Wildman–Crippen MR) is 107 cm³/mol. The van der Waals surface area contributed by atoms with Crippen molar-refractivity contribution in [1.29, 1.82) is 0 Å². The number of hydrogen-bond acceptors (Lipinski definition) is 4. The smallest absolute Gasteiger partial charge is 0.408 e. The summed E-state index contributed by atoms with van der Waals surface area (Å²) < 4.78 is 4.98. The van der Waals surface area contributed by atoms with Gasteiger partial charge in [0.25, 0.3) is 5.91 Å². The number of allylic oxidation sites excluding steroid dienone is 4. The molecule has 0 unspecified atom stereocenters. The van der Waals surface area contributed by atoms with Crippen LogP contribution in [0.2, 0.25) is 0 Å². The molecule has 1 fully saturated rings. The van der Waals surface area contributed by atoms with Gasteiger partial charge in [-0.25, -0.2) is 4.79 Å². The molecule has 0 bridgehead atoms. The maximum atomic E-state index is 12.6. The highest BCUT2D eigenvalue weighted by molar-refractivity contribution is 6.41. The third-order valence-electron chi connectivity index (χ3n) is 5.72. The number of fused-ring (bicyclic) bond motifs is 1. The van der Waals surface area contributed by atoms with Crippen molar-refractivity contribution in [3.8, 4) is 0 Å². The van der Waals surface area contributed by atoms with Gasteiger partial charge < -0.3 is 9.73 Å². The maximum absolute atomic E-state index is 12.6. The normalized spacial score (nSPS) is 22.1. The highest BCUT2D eigenvalue weighted by Crippen LogP contribution is 2.34. The van der Waals surface area contributed by atoms with Crippen molar-refractivity contribution in [2.75, 3.05) is 5.32 Å². The summed E-state index contributed by atoms with van der Waals surface area (Å²) in [6.07, 6.45) is 13.6. The molecule has 2 aliphatic carbocycles. The zero-order valence-electron chi connectivity index (χ0n) is 15.7. The third-order valence-corrected chi connectivity index (χ3v) is 5.72. The molecule has 1 heterocycles. The minimum absolute atomic E-state index is 0.207. The summed E-state index contributed by atoms with van der Waals surface area (Å²) in [5, 5.41) is 2.63. The summed E-state index contributed by atoms with van der Waals surface area (Å²) in [6, 6.07) is 4.82. The zero-order chi connectivity index (χ0) is 19.5. The molecule has 2 N–H and O–H groups in total. The minimum Gasteiger partial charge on any atom is -0.408 e. The fourth-order valence-electron chi connectivity index (χ4n) is 4.18. The van der Waals surface area contributed by atoms with Gasteiger partial charge in [0, 0.05) is 17.7 Å². The first kappa shape index (κ1) is 18.5. The van der Waals surface area contributed by atoms with Gasteiger partial charge in [0.15, 0.2) is 5.58 Å². The minimum atomic E-state index is -0.599. The van der Waals surface area contributed by atoms with Gasteiger partial charge in [0.1, 0.15) is 0 Å². The molecule has 1 amide bonds. The zero-order valence-corrected chi connectivity index (χ0v) is 15.7. The van der Waals surface area contributed by atoms with E-state index in [1.54, 1.807) is 18.2 Å². The Kier molecular flexibility index (Phi) is 5.28. The quantitative estimate of drug-likeness (QED) is 0.764. The Morgan fingerprint density at radius 2 is 1.96 bits per heavy atom. The highest BCUT2D eigenvalue weighted by Gasteiger charge is 2.30. The van der Waals surface area contributed by atoms with Gasteiger partial charge in [-0.05, 0) is 63.0 Å². The van der Waals surface area contributed by atoms with Crippen LogP contribution >= 0.6 is 0 Å². The molecule has 28 heavy (non-hydrogen) atoms. The van der Waals surface area contributed by atoms with Gasteiger partial charge in [-0.2, -0.15) is 0 Å². The monoisotopic (exact) mass is 380 g/mol. The number of amides is 1. The van der Waals surface area contributed by atoms with E-state index < -0.39 is 11.7 Å². The number of H-pyrrole nitrogens is 1. The molecule has 6 heteroatoms. The average molecular weight is 380 g/mol. The second kappa shape index (κ2) is 8.00. The SMILES string of the molecule is O=C(Nc1ccc2[nH]c(=O)oc2c1)C(=O)C1CCC(CC2=CCCC=C2)CC1. The summed E-state index contributed by atoms with van der Waals surface area (Å²) in [5.74, 6) is -1.11. The van der Waals surface area contributed by atoms with E-state index in [1.807, 2.05) is 0 Å². The topological polar surface area (TPSA) is 92.2 Å². The van der Waals surface area contributed by atoms with E-state index in [2.05, 4.69) is 28.5 Å². The molecule has 146 valence electrons. The lowest BCUT2D eigenvalue weighted by atomic mass is 9.77. The van der Waals surface area contributed by atoms with Crippen molar-refractivity contribution in [3.63, 3.8) is 0 Å². The second-order valence-corrected chi connectivity index (χ2v) is 7.72. The summed E-state index contributed by atoms with van der Waals surface area (Å²) in [6.45, 7) is 0. The van der Waals surface area contributed by atoms with Crippen molar-refractivity contribution in [3.05, 3.63) is 52.6 Å². The molecule has 1 aromatic carbocycles. The van der Waals surface area contributed by atoms with Crippen molar-refractivity contribution in [2.24, 2.45) is 11.8 Å². The summed E-state index contributed by atoms with van der Waals surface area (Å²) in [7, 11) is 0. The second-order valence-electron chi connectivity index (χ2n) is 7.72. The number of carbonyl (C=O) groups excluding carboxylic acids is 2. The number of carbonyl (C=O) groups is 2. The first-order valence-electron chi connectivity index (χ1n) is 9.92. The Balaban J connectivity index is 1.31. The number of Topliss-reactive ketones (excluding diaryl/α,β-unsaturated/α-hetero) is 1. The fraction of sp³-hybridized carbons (Fsp3) is 0.409. The van der Waals surface area contributed by atoms with E-state index in [1.165, 1.54) is 5.57 Å². The Labute approximate surface area is 162 Å². The highest BCUT2D eigenvalue weighted by atomic mass is 16.4. The lowest BCUT2D eigenvalue weighted by molar-refractivity contribution is -0.138. The predicted octanol–water partition coefficient (Wildman–Crippen LogP) is 4.10. The van der Waals surface area contributed by atoms with E-state index in [9.17, 15) is 14.4 Å². The molecular weight excluding hydrogens is 356 g/mol. The van der Waals surface area contributed by atoms with Gasteiger partial charge in [0.05, 0.1) is 5.52 Å². The van der Waals surface area contributed by atoms with Crippen LogP contribution in [0, 0.1) is 11.8 Å². The van der Waals surface area contributed by atoms with Crippen LogP contribution in [0.25, 0.3) is 11.1 Å². The van der Waals surface area contributed by atoms with Crippen molar-refractivity contribution in [1.82, 2.24) is 4.98 Å². The van der Waals surface area contributed by atoms with Gasteiger partial charge in [-0.1, -0.05) is 23.8 Å². The van der Waals surface area contributed by atoms with Crippen molar-refractivity contribution < 1.29 is 14.0 Å². The van der Waals surface area contributed by atoms with Crippen LogP contribution in [-0.2, 0) is 9.59 Å². The van der Waals surface area contributed by atoms with E-state index >= 15 is 0 Å². The van der Waals surface area contributed by atoms with Gasteiger partial charge in [-0.15, -0.1) is 0 Å². The molecule has 0 aliphatic heterocycles. The third kappa shape index (κ3) is 4.16. The lowest BCUT2D eigenvalue weighted by Gasteiger charge is -2.28. The number of nitrogens with one attached hydrogen (secondary N) is 2. The average Bonchev–Trinajstić information content (AvgIpc) is 3.08. The van der Waals surface area contributed by atoms with E-state index in [4.69, 9.17) is 4.42 Å². The summed E-state index contributed by atoms with van der Waals surface area (Å²) in [5.41, 5.74) is 2.75. The Morgan fingerprint density at radius 1 is 1.14 bits per heavy atom. The number of aromatic amines is 1. The molecule has 2 aliphatic rings. The van der Waals surface area contributed by atoms with Crippen LogP contribution in [0.3, 0.4) is 0 Å². The standard InChI is InChI=1S/C22H24N2O4/c25-20(16-8-6-15(7-9-16)12-14-4-2-1-3-5-14)21(26)23-17-10-11-18-19(13-17)28-22(27)24-18/h2,4-5,10-11,13,15-16H,1,3,6-9,12H2,(H,23,26)(H,24,27). The number of rotatable bonds is 5. The Hall–Kier alpha value is -2.89. The molecule has 6 nitrogen and oxygen atoms in total. The van der Waals surface area contributed by atoms with Crippen LogP contribution in [-0.4, -0.2) is 16.7 Å². The molecule has 1 saturated carbocycles. The molecule has 4 rings (SSSR count). The fourth-order valence-corrected chi connectivity index (χ4v) is 4.18. The first-order chi connectivity index (χ1) is 13.6. The van der Waals surface area contributed by atoms with Crippen LogP contribution in [0.1, 0.15) is 44.9 Å². The largest absolute Gasteiger partial charge is 0.417 e. The number of hydrogen-bond donors (Lipinski definition) is 2. The van der Waals surface area contributed by atoms with Crippen molar-refractivity contribution >= 4 is 28.5 Å². The van der Waals surface area contributed by atoms with Gasteiger partial charge >= 0.3 is 5.76 Å². The molecule has 0 atom stereocenters. The maximum Gasteiger partial charge on any atom is 0.417 e. The number of benzene rings is 1. The number of oxazole rings is 1. The molecule has 1 aromatic heterocycles. The number of anilines is 1. The molecule has 0 radical (unpaired) electrons. The van der Waals surface area contributed by atoms with Gasteiger partial charge in [0.2, 0.25) is 5.78 Å². The molecule has 0 spiro atoms. The van der Waals surface area contributed by atoms with Crippen LogP contribution in [0.15, 0.2) is 51.2 Å². The van der Waals surface area contributed by atoms with Crippen LogP contribution < -0.4 is 11.1 Å². The van der Waals surface area contributed by atoms with E-state index in [0.29, 0.717) is 22.7 Å². The van der Waals surface area contributed by atoms with Gasteiger partial charge in [-0.3, -0.25) is 14.6 Å². The Bertz CT molecular complexity index is 1000. The van der Waals surface area contributed by atoms with Crippen molar-refractivity contribution in [2.45, 2.75) is 44.9 Å². The van der Waals surface area contributed by atoms with E-state index in [0.717, 1.165) is 44.9 Å². The summed E-state index contributed by atoms with van der Waals surface area (Å²) in [4.78, 5) is 38.7. The molecule has 2 aromatic rings.